The maximum Gasteiger partial charge on any atom is 0.220 e. The number of amides is 1. The highest BCUT2D eigenvalue weighted by atomic mass is 35.5. The molecule has 0 saturated carbocycles. The van der Waals surface area contributed by atoms with Gasteiger partial charge in [0.05, 0.1) is 6.10 Å². The van der Waals surface area contributed by atoms with Crippen molar-refractivity contribution in [2.24, 2.45) is 5.73 Å². The first-order valence-corrected chi connectivity index (χ1v) is 6.34. The maximum atomic E-state index is 11.4. The normalized spacial score (nSPS) is 9.89. The second kappa shape index (κ2) is 9.64. The van der Waals surface area contributed by atoms with Crippen LogP contribution in [0, 0.1) is 0 Å². The Kier molecular flexibility index (Phi) is 9.00. The van der Waals surface area contributed by atoms with E-state index in [1.165, 1.54) is 0 Å². The van der Waals surface area contributed by atoms with Crippen LogP contribution in [-0.2, 0) is 11.3 Å². The lowest BCUT2D eigenvalue weighted by Gasteiger charge is -2.10. The molecule has 0 unspecified atom stereocenters. The van der Waals surface area contributed by atoms with Crippen molar-refractivity contribution < 1.29 is 9.53 Å². The summed E-state index contributed by atoms with van der Waals surface area (Å²) in [5.41, 5.74) is 6.41. The zero-order valence-electron chi connectivity index (χ0n) is 11.5. The Labute approximate surface area is 121 Å². The molecule has 0 atom stereocenters. The number of benzene rings is 1. The van der Waals surface area contributed by atoms with Gasteiger partial charge in [0.2, 0.25) is 5.91 Å². The molecule has 0 bridgehead atoms. The zero-order valence-corrected chi connectivity index (χ0v) is 12.3. The number of rotatable bonds is 7. The molecule has 0 aliphatic rings. The van der Waals surface area contributed by atoms with Gasteiger partial charge in [-0.05, 0) is 44.5 Å². The van der Waals surface area contributed by atoms with Crippen LogP contribution < -0.4 is 15.8 Å². The number of nitrogens with two attached hydrogens (primary N) is 1. The highest BCUT2D eigenvalue weighted by Gasteiger charge is 2.01. The second-order valence-electron chi connectivity index (χ2n) is 4.48. The minimum absolute atomic E-state index is 0. The van der Waals surface area contributed by atoms with Gasteiger partial charge in [-0.15, -0.1) is 12.4 Å². The highest BCUT2D eigenvalue weighted by Crippen LogP contribution is 2.13. The molecule has 19 heavy (non-hydrogen) atoms. The molecule has 1 aromatic carbocycles. The average molecular weight is 287 g/mol. The number of carbonyl (C=O) groups is 1. The minimum atomic E-state index is 0. The molecular formula is C14H23ClN2O2. The molecule has 3 N–H and O–H groups in total. The Balaban J connectivity index is 0.00000324. The van der Waals surface area contributed by atoms with Crippen molar-refractivity contribution in [3.8, 4) is 5.75 Å². The SMILES string of the molecule is CC(C)Oc1ccc(CNC(=O)CCCN)cc1.Cl. The van der Waals surface area contributed by atoms with Gasteiger partial charge in [0.15, 0.2) is 0 Å². The van der Waals surface area contributed by atoms with E-state index in [0.717, 1.165) is 17.7 Å². The van der Waals surface area contributed by atoms with Crippen LogP contribution in [-0.4, -0.2) is 18.6 Å². The third kappa shape index (κ3) is 7.70. The third-order valence-electron chi connectivity index (χ3n) is 2.39. The smallest absolute Gasteiger partial charge is 0.220 e. The van der Waals surface area contributed by atoms with E-state index >= 15 is 0 Å². The van der Waals surface area contributed by atoms with Gasteiger partial charge in [-0.1, -0.05) is 12.1 Å². The van der Waals surface area contributed by atoms with Gasteiger partial charge in [-0.2, -0.15) is 0 Å². The molecule has 0 spiro atoms. The Hall–Kier alpha value is -1.26. The van der Waals surface area contributed by atoms with Crippen molar-refractivity contribution in [1.29, 1.82) is 0 Å². The van der Waals surface area contributed by atoms with Crippen LogP contribution in [0.3, 0.4) is 0 Å². The van der Waals surface area contributed by atoms with Gasteiger partial charge in [0.25, 0.3) is 0 Å². The number of halogens is 1. The van der Waals surface area contributed by atoms with Crippen molar-refractivity contribution in [3.63, 3.8) is 0 Å². The summed E-state index contributed by atoms with van der Waals surface area (Å²) >= 11 is 0. The molecule has 1 aromatic rings. The van der Waals surface area contributed by atoms with Crippen LogP contribution in [0.25, 0.3) is 0 Å². The van der Waals surface area contributed by atoms with E-state index in [2.05, 4.69) is 5.32 Å². The summed E-state index contributed by atoms with van der Waals surface area (Å²) in [4.78, 5) is 11.4. The molecule has 0 aliphatic carbocycles. The molecule has 108 valence electrons. The van der Waals surface area contributed by atoms with Crippen LogP contribution in [0.4, 0.5) is 0 Å². The number of carbonyl (C=O) groups excluding carboxylic acids is 1. The summed E-state index contributed by atoms with van der Waals surface area (Å²) < 4.78 is 5.55. The molecule has 1 rings (SSSR count). The summed E-state index contributed by atoms with van der Waals surface area (Å²) in [5.74, 6) is 0.895. The van der Waals surface area contributed by atoms with Gasteiger partial charge < -0.3 is 15.8 Å². The Bertz CT molecular complexity index is 366. The van der Waals surface area contributed by atoms with E-state index < -0.39 is 0 Å². The van der Waals surface area contributed by atoms with Crippen molar-refractivity contribution in [3.05, 3.63) is 29.8 Å². The molecule has 0 aliphatic heterocycles. The predicted molar refractivity (Wildman–Crippen MR) is 79.6 cm³/mol. The predicted octanol–water partition coefficient (Wildman–Crippen LogP) is 2.25. The molecule has 0 aromatic heterocycles. The summed E-state index contributed by atoms with van der Waals surface area (Å²) in [6, 6.07) is 7.75. The van der Waals surface area contributed by atoms with Crippen molar-refractivity contribution in [2.45, 2.75) is 39.3 Å². The number of ether oxygens (including phenoxy) is 1. The minimum Gasteiger partial charge on any atom is -0.491 e. The first-order chi connectivity index (χ1) is 8.61. The van der Waals surface area contributed by atoms with E-state index in [0.29, 0.717) is 19.5 Å². The van der Waals surface area contributed by atoms with Crippen LogP contribution in [0.2, 0.25) is 0 Å². The fourth-order valence-corrected chi connectivity index (χ4v) is 1.51. The first-order valence-electron chi connectivity index (χ1n) is 6.34. The lowest BCUT2D eigenvalue weighted by molar-refractivity contribution is -0.121. The molecule has 4 nitrogen and oxygen atoms in total. The Morgan fingerprint density at radius 1 is 1.32 bits per heavy atom. The fourth-order valence-electron chi connectivity index (χ4n) is 1.51. The van der Waals surface area contributed by atoms with Crippen molar-refractivity contribution in [2.75, 3.05) is 6.54 Å². The number of hydrogen-bond donors (Lipinski definition) is 2. The molecule has 0 heterocycles. The summed E-state index contributed by atoms with van der Waals surface area (Å²) in [5, 5.41) is 2.86. The Morgan fingerprint density at radius 2 is 1.95 bits per heavy atom. The van der Waals surface area contributed by atoms with Gasteiger partial charge in [-0.25, -0.2) is 0 Å². The zero-order chi connectivity index (χ0) is 13.4. The van der Waals surface area contributed by atoms with E-state index in [1.54, 1.807) is 0 Å². The molecule has 5 heteroatoms. The average Bonchev–Trinajstić information content (AvgIpc) is 2.35. The summed E-state index contributed by atoms with van der Waals surface area (Å²) in [6.07, 6.45) is 1.39. The molecule has 0 radical (unpaired) electrons. The van der Waals surface area contributed by atoms with Crippen LogP contribution in [0.5, 0.6) is 5.75 Å². The van der Waals surface area contributed by atoms with E-state index in [4.69, 9.17) is 10.5 Å². The topological polar surface area (TPSA) is 64.3 Å². The second-order valence-corrected chi connectivity index (χ2v) is 4.48. The molecule has 0 saturated heterocycles. The third-order valence-corrected chi connectivity index (χ3v) is 2.39. The molecule has 0 fully saturated rings. The van der Waals surface area contributed by atoms with Gasteiger partial charge in [-0.3, -0.25) is 4.79 Å². The number of hydrogen-bond acceptors (Lipinski definition) is 3. The van der Waals surface area contributed by atoms with Crippen molar-refractivity contribution >= 4 is 18.3 Å². The maximum absolute atomic E-state index is 11.4. The van der Waals surface area contributed by atoms with E-state index in [1.807, 2.05) is 38.1 Å². The number of nitrogens with one attached hydrogen (secondary N) is 1. The fraction of sp³-hybridized carbons (Fsp3) is 0.500. The van der Waals surface area contributed by atoms with Crippen molar-refractivity contribution in [1.82, 2.24) is 5.32 Å². The lowest BCUT2D eigenvalue weighted by Crippen LogP contribution is -2.23. The summed E-state index contributed by atoms with van der Waals surface area (Å²) in [6.45, 7) is 5.08. The van der Waals surface area contributed by atoms with Gasteiger partial charge >= 0.3 is 0 Å². The largest absolute Gasteiger partial charge is 0.491 e. The van der Waals surface area contributed by atoms with E-state index in [9.17, 15) is 4.79 Å². The Morgan fingerprint density at radius 3 is 2.47 bits per heavy atom. The lowest BCUT2D eigenvalue weighted by atomic mass is 10.2. The van der Waals surface area contributed by atoms with Gasteiger partial charge in [0.1, 0.15) is 5.75 Å². The standard InChI is InChI=1S/C14H22N2O2.ClH/c1-11(2)18-13-7-5-12(6-8-13)10-16-14(17)4-3-9-15;/h5-8,11H,3-4,9-10,15H2,1-2H3,(H,16,17);1H. The van der Waals surface area contributed by atoms with Crippen LogP contribution in [0.1, 0.15) is 32.3 Å². The van der Waals surface area contributed by atoms with Crippen LogP contribution >= 0.6 is 12.4 Å². The van der Waals surface area contributed by atoms with E-state index in [-0.39, 0.29) is 24.4 Å². The molecular weight excluding hydrogens is 264 g/mol. The van der Waals surface area contributed by atoms with Gasteiger partial charge in [0, 0.05) is 13.0 Å². The quantitative estimate of drug-likeness (QED) is 0.808. The molecule has 1 amide bonds. The summed E-state index contributed by atoms with van der Waals surface area (Å²) in [7, 11) is 0. The monoisotopic (exact) mass is 286 g/mol. The van der Waals surface area contributed by atoms with Crippen LogP contribution in [0.15, 0.2) is 24.3 Å². The first kappa shape index (κ1) is 17.7. The highest BCUT2D eigenvalue weighted by molar-refractivity contribution is 5.85.